The van der Waals surface area contributed by atoms with E-state index in [1.165, 1.54) is 5.56 Å². The van der Waals surface area contributed by atoms with E-state index in [1.807, 2.05) is 0 Å². The van der Waals surface area contributed by atoms with Crippen molar-refractivity contribution < 1.29 is 8.42 Å². The van der Waals surface area contributed by atoms with Gasteiger partial charge < -0.3 is 5.32 Å². The van der Waals surface area contributed by atoms with E-state index >= 15 is 0 Å². The van der Waals surface area contributed by atoms with Crippen molar-refractivity contribution in [2.75, 3.05) is 19.6 Å². The maximum atomic E-state index is 12.6. The fourth-order valence-electron chi connectivity index (χ4n) is 2.81. The minimum Gasteiger partial charge on any atom is -0.313 e. The second-order valence-corrected chi connectivity index (χ2v) is 7.84. The lowest BCUT2D eigenvalue weighted by atomic mass is 10.0. The molecule has 0 bridgehead atoms. The minimum absolute atomic E-state index is 0.0553. The van der Waals surface area contributed by atoms with Gasteiger partial charge in [-0.25, -0.2) is 8.42 Å². The highest BCUT2D eigenvalue weighted by Gasteiger charge is 2.43. The lowest BCUT2D eigenvalue weighted by Gasteiger charge is -2.35. The highest BCUT2D eigenvalue weighted by molar-refractivity contribution is 7.90. The van der Waals surface area contributed by atoms with Crippen molar-refractivity contribution >= 4 is 10.0 Å². The van der Waals surface area contributed by atoms with Crippen molar-refractivity contribution in [3.63, 3.8) is 0 Å². The Morgan fingerprint density at radius 1 is 1.25 bits per heavy atom. The number of hydrogen-bond donors (Lipinski definition) is 1. The Balaban J connectivity index is 1.88. The number of hydrogen-bond acceptors (Lipinski definition) is 3. The van der Waals surface area contributed by atoms with Crippen LogP contribution in [0.15, 0.2) is 24.3 Å². The van der Waals surface area contributed by atoms with Crippen LogP contribution in [0.5, 0.6) is 0 Å². The molecule has 3 rings (SSSR count). The molecule has 20 heavy (non-hydrogen) atoms. The molecule has 0 aromatic heterocycles. The predicted molar refractivity (Wildman–Crippen MR) is 80.1 cm³/mol. The van der Waals surface area contributed by atoms with Crippen LogP contribution in [-0.2, 0) is 16.4 Å². The quantitative estimate of drug-likeness (QED) is 0.919. The van der Waals surface area contributed by atoms with E-state index in [9.17, 15) is 8.42 Å². The number of nitrogens with zero attached hydrogens (tertiary/aromatic N) is 1. The first kappa shape index (κ1) is 14.0. The first-order valence-electron chi connectivity index (χ1n) is 7.43. The molecule has 1 aliphatic carbocycles. The largest absolute Gasteiger partial charge is 0.313 e. The van der Waals surface area contributed by atoms with Gasteiger partial charge in [0.05, 0.1) is 11.3 Å². The summed E-state index contributed by atoms with van der Waals surface area (Å²) in [6.07, 6.45) is 2.66. The summed E-state index contributed by atoms with van der Waals surface area (Å²) in [6.45, 7) is 4.16. The Hall–Kier alpha value is -0.910. The fourth-order valence-corrected chi connectivity index (χ4v) is 4.82. The second kappa shape index (κ2) is 5.47. The standard InChI is InChI=1S/C15H22N2O2S/c1-2-12-3-5-13(6-4-12)15-11-16-9-10-17(15)20(18,19)14-7-8-14/h3-6,14-16H,2,7-11H2,1H3. The fraction of sp³-hybridized carbons (Fsp3) is 0.600. The van der Waals surface area contributed by atoms with Crippen LogP contribution in [0, 0.1) is 0 Å². The summed E-state index contributed by atoms with van der Waals surface area (Å²) in [7, 11) is -3.11. The van der Waals surface area contributed by atoms with Gasteiger partial charge in [0.2, 0.25) is 10.0 Å². The van der Waals surface area contributed by atoms with Gasteiger partial charge in [0.1, 0.15) is 0 Å². The van der Waals surface area contributed by atoms with Crippen molar-refractivity contribution in [1.82, 2.24) is 9.62 Å². The number of aryl methyl sites for hydroxylation is 1. The van der Waals surface area contributed by atoms with Gasteiger partial charge in [-0.1, -0.05) is 31.2 Å². The zero-order valence-electron chi connectivity index (χ0n) is 11.9. The Morgan fingerprint density at radius 2 is 1.95 bits per heavy atom. The van der Waals surface area contributed by atoms with Gasteiger partial charge in [0.15, 0.2) is 0 Å². The molecule has 1 heterocycles. The van der Waals surface area contributed by atoms with Crippen molar-refractivity contribution in [1.29, 1.82) is 0 Å². The topological polar surface area (TPSA) is 49.4 Å². The summed E-state index contributed by atoms with van der Waals surface area (Å²) < 4.78 is 26.8. The lowest BCUT2D eigenvalue weighted by molar-refractivity contribution is 0.271. The third-order valence-electron chi connectivity index (χ3n) is 4.24. The van der Waals surface area contributed by atoms with Crippen molar-refractivity contribution in [3.05, 3.63) is 35.4 Å². The van der Waals surface area contributed by atoms with Gasteiger partial charge in [-0.2, -0.15) is 4.31 Å². The van der Waals surface area contributed by atoms with Crippen molar-refractivity contribution in [2.45, 2.75) is 37.5 Å². The van der Waals surface area contributed by atoms with Gasteiger partial charge >= 0.3 is 0 Å². The molecule has 0 radical (unpaired) electrons. The second-order valence-electron chi connectivity index (χ2n) is 5.67. The van der Waals surface area contributed by atoms with Crippen LogP contribution in [0.25, 0.3) is 0 Å². The maximum absolute atomic E-state index is 12.6. The van der Waals surface area contributed by atoms with E-state index in [-0.39, 0.29) is 11.3 Å². The molecular weight excluding hydrogens is 272 g/mol. The van der Waals surface area contributed by atoms with E-state index in [4.69, 9.17) is 0 Å². The van der Waals surface area contributed by atoms with Crippen molar-refractivity contribution in [2.24, 2.45) is 0 Å². The van der Waals surface area contributed by atoms with E-state index in [2.05, 4.69) is 36.5 Å². The molecule has 1 N–H and O–H groups in total. The molecule has 1 atom stereocenters. The van der Waals surface area contributed by atoms with Crippen molar-refractivity contribution in [3.8, 4) is 0 Å². The molecule has 110 valence electrons. The Kier molecular flexibility index (Phi) is 3.84. The molecule has 1 saturated carbocycles. The minimum atomic E-state index is -3.11. The Labute approximate surface area is 121 Å². The van der Waals surface area contributed by atoms with Crippen LogP contribution in [0.3, 0.4) is 0 Å². The highest BCUT2D eigenvalue weighted by Crippen LogP contribution is 2.35. The Bertz CT molecular complexity index is 564. The summed E-state index contributed by atoms with van der Waals surface area (Å²) in [5, 5.41) is 3.19. The average molecular weight is 294 g/mol. The van der Waals surface area contributed by atoms with Gasteiger partial charge in [0.25, 0.3) is 0 Å². The SMILES string of the molecule is CCc1ccc(C2CNCCN2S(=O)(=O)C2CC2)cc1. The molecule has 1 unspecified atom stereocenters. The van der Waals surface area contributed by atoms with Gasteiger partial charge in [-0.3, -0.25) is 0 Å². The van der Waals surface area contributed by atoms with Gasteiger partial charge in [0, 0.05) is 19.6 Å². The van der Waals surface area contributed by atoms with E-state index in [1.54, 1.807) is 4.31 Å². The van der Waals surface area contributed by atoms with Gasteiger partial charge in [-0.05, 0) is 30.4 Å². The van der Waals surface area contributed by atoms with E-state index < -0.39 is 10.0 Å². The zero-order valence-corrected chi connectivity index (χ0v) is 12.7. The Morgan fingerprint density at radius 3 is 2.55 bits per heavy atom. The molecule has 2 aliphatic rings. The highest BCUT2D eigenvalue weighted by atomic mass is 32.2. The summed E-state index contributed by atoms with van der Waals surface area (Å²) >= 11 is 0. The molecular formula is C15H22N2O2S. The number of nitrogens with one attached hydrogen (secondary N) is 1. The van der Waals surface area contributed by atoms with Crippen LogP contribution in [0.4, 0.5) is 0 Å². The maximum Gasteiger partial charge on any atom is 0.217 e. The number of benzene rings is 1. The summed E-state index contributed by atoms with van der Waals surface area (Å²) in [6, 6.07) is 8.30. The first-order chi connectivity index (χ1) is 9.63. The monoisotopic (exact) mass is 294 g/mol. The summed E-state index contributed by atoms with van der Waals surface area (Å²) in [4.78, 5) is 0. The number of rotatable bonds is 4. The molecule has 1 saturated heterocycles. The van der Waals surface area contributed by atoms with Crippen LogP contribution in [0.2, 0.25) is 0 Å². The predicted octanol–water partition coefficient (Wildman–Crippen LogP) is 1.69. The lowest BCUT2D eigenvalue weighted by Crippen LogP contribution is -2.49. The average Bonchev–Trinajstić information content (AvgIpc) is 3.32. The molecule has 1 aliphatic heterocycles. The van der Waals surface area contributed by atoms with Crippen LogP contribution < -0.4 is 5.32 Å². The third kappa shape index (κ3) is 2.62. The van der Waals surface area contributed by atoms with Crippen LogP contribution in [0.1, 0.15) is 36.9 Å². The normalized spacial score (nSPS) is 24.8. The number of piperazine rings is 1. The van der Waals surface area contributed by atoms with Crippen LogP contribution >= 0.6 is 0 Å². The molecule has 2 fully saturated rings. The molecule has 1 aromatic rings. The molecule has 0 amide bonds. The number of sulfonamides is 1. The molecule has 0 spiro atoms. The molecule has 4 nitrogen and oxygen atoms in total. The first-order valence-corrected chi connectivity index (χ1v) is 8.93. The zero-order chi connectivity index (χ0) is 14.2. The smallest absolute Gasteiger partial charge is 0.217 e. The summed E-state index contributed by atoms with van der Waals surface area (Å²) in [5.74, 6) is 0. The van der Waals surface area contributed by atoms with E-state index in [0.717, 1.165) is 31.4 Å². The third-order valence-corrected chi connectivity index (χ3v) is 6.64. The van der Waals surface area contributed by atoms with Crippen LogP contribution in [-0.4, -0.2) is 37.6 Å². The summed E-state index contributed by atoms with van der Waals surface area (Å²) in [5.41, 5.74) is 2.38. The molecule has 1 aromatic carbocycles. The molecule has 5 heteroatoms. The van der Waals surface area contributed by atoms with Gasteiger partial charge in [-0.15, -0.1) is 0 Å². The van der Waals surface area contributed by atoms with E-state index in [0.29, 0.717) is 13.1 Å².